The van der Waals surface area contributed by atoms with Gasteiger partial charge in [-0.15, -0.1) is 0 Å². The highest BCUT2D eigenvalue weighted by molar-refractivity contribution is 5.84. The molecule has 0 unspecified atom stereocenters. The molecule has 26 heavy (non-hydrogen) atoms. The minimum Gasteiger partial charge on any atom is -0.497 e. The molecule has 0 bridgehead atoms. The van der Waals surface area contributed by atoms with E-state index in [9.17, 15) is 9.59 Å². The van der Waals surface area contributed by atoms with E-state index in [0.717, 1.165) is 18.4 Å². The van der Waals surface area contributed by atoms with Crippen LogP contribution in [0.15, 0.2) is 18.2 Å². The lowest BCUT2D eigenvalue weighted by Gasteiger charge is -2.21. The topological polar surface area (TPSA) is 67.9 Å². The van der Waals surface area contributed by atoms with Crippen molar-refractivity contribution >= 4 is 11.8 Å². The molecule has 1 N–H and O–H groups in total. The highest BCUT2D eigenvalue weighted by Gasteiger charge is 2.43. The molecular weight excluding hydrogens is 332 g/mol. The maximum absolute atomic E-state index is 12.8. The highest BCUT2D eigenvalue weighted by Crippen LogP contribution is 2.40. The van der Waals surface area contributed by atoms with E-state index in [0.29, 0.717) is 30.6 Å². The molecule has 1 saturated heterocycles. The summed E-state index contributed by atoms with van der Waals surface area (Å²) in [6.07, 6.45) is 2.09. The highest BCUT2D eigenvalue weighted by atomic mass is 16.5. The summed E-state index contributed by atoms with van der Waals surface area (Å²) in [6.45, 7) is 4.77. The molecule has 6 heteroatoms. The Balaban J connectivity index is 1.90. The summed E-state index contributed by atoms with van der Waals surface area (Å²) >= 11 is 0. The van der Waals surface area contributed by atoms with E-state index in [2.05, 4.69) is 5.32 Å². The van der Waals surface area contributed by atoms with Crippen LogP contribution in [0.25, 0.3) is 0 Å². The Labute approximate surface area is 154 Å². The van der Waals surface area contributed by atoms with Crippen LogP contribution < -0.4 is 14.8 Å². The third kappa shape index (κ3) is 3.79. The summed E-state index contributed by atoms with van der Waals surface area (Å²) in [6, 6.07) is 5.96. The molecule has 1 heterocycles. The van der Waals surface area contributed by atoms with Crippen molar-refractivity contribution in [1.82, 2.24) is 10.2 Å². The van der Waals surface area contributed by atoms with Crippen LogP contribution in [0.5, 0.6) is 11.5 Å². The quantitative estimate of drug-likeness (QED) is 0.844. The average Bonchev–Trinajstić information content (AvgIpc) is 3.34. The first-order valence-corrected chi connectivity index (χ1v) is 9.25. The number of methoxy groups -OCH3 is 2. The SMILES string of the molecule is COc1ccc([C@H]2CN(C(=O)C(C)C)C[C@@H]2C(=O)NC2CC2)c(OC)c1. The maximum atomic E-state index is 12.8. The van der Waals surface area contributed by atoms with E-state index in [1.807, 2.05) is 36.9 Å². The molecule has 6 nitrogen and oxygen atoms in total. The zero-order valence-electron chi connectivity index (χ0n) is 16.0. The standard InChI is InChI=1S/C20H28N2O4/c1-12(2)20(24)22-10-16(17(11-22)19(23)21-13-5-6-13)15-8-7-14(25-3)9-18(15)26-4/h7-9,12-13,16-17H,5-6,10-11H2,1-4H3,(H,21,23)/t16-,17+/m1/s1. The molecular formula is C20H28N2O4. The van der Waals surface area contributed by atoms with E-state index in [1.54, 1.807) is 14.2 Å². The number of nitrogens with zero attached hydrogens (tertiary/aromatic N) is 1. The van der Waals surface area contributed by atoms with Gasteiger partial charge < -0.3 is 19.7 Å². The van der Waals surface area contributed by atoms with Crippen molar-refractivity contribution in [2.75, 3.05) is 27.3 Å². The number of amides is 2. The molecule has 0 spiro atoms. The van der Waals surface area contributed by atoms with Crippen LogP contribution in [0.1, 0.15) is 38.2 Å². The molecule has 142 valence electrons. The number of likely N-dealkylation sites (tertiary alicyclic amines) is 1. The molecule has 1 aromatic rings. The second kappa shape index (κ2) is 7.56. The monoisotopic (exact) mass is 360 g/mol. The number of ether oxygens (including phenoxy) is 2. The smallest absolute Gasteiger partial charge is 0.225 e. The van der Waals surface area contributed by atoms with Gasteiger partial charge in [-0.2, -0.15) is 0 Å². The zero-order valence-corrected chi connectivity index (χ0v) is 16.0. The van der Waals surface area contributed by atoms with Crippen molar-refractivity contribution in [2.45, 2.75) is 38.6 Å². The third-order valence-electron chi connectivity index (χ3n) is 5.23. The fourth-order valence-electron chi connectivity index (χ4n) is 3.59. The van der Waals surface area contributed by atoms with Crippen molar-refractivity contribution in [2.24, 2.45) is 11.8 Å². The van der Waals surface area contributed by atoms with Crippen molar-refractivity contribution < 1.29 is 19.1 Å². The molecule has 2 aliphatic rings. The molecule has 1 aromatic carbocycles. The Morgan fingerprint density at radius 1 is 1.15 bits per heavy atom. The van der Waals surface area contributed by atoms with E-state index in [4.69, 9.17) is 9.47 Å². The summed E-state index contributed by atoms with van der Waals surface area (Å²) in [5.74, 6) is 1.09. The van der Waals surface area contributed by atoms with Crippen LogP contribution in [0.4, 0.5) is 0 Å². The molecule has 0 radical (unpaired) electrons. The Morgan fingerprint density at radius 2 is 1.88 bits per heavy atom. The predicted octanol–water partition coefficient (Wildman–Crippen LogP) is 2.18. The molecule has 2 amide bonds. The van der Waals surface area contributed by atoms with Crippen LogP contribution in [0.3, 0.4) is 0 Å². The van der Waals surface area contributed by atoms with Gasteiger partial charge >= 0.3 is 0 Å². The predicted molar refractivity (Wildman–Crippen MR) is 98.4 cm³/mol. The summed E-state index contributed by atoms with van der Waals surface area (Å²) in [7, 11) is 3.22. The second-order valence-electron chi connectivity index (χ2n) is 7.50. The van der Waals surface area contributed by atoms with Crippen molar-refractivity contribution in [1.29, 1.82) is 0 Å². The number of hydrogen-bond acceptors (Lipinski definition) is 4. The van der Waals surface area contributed by atoms with Gasteiger partial charge in [-0.1, -0.05) is 19.9 Å². The molecule has 2 fully saturated rings. The minimum absolute atomic E-state index is 0.0365. The molecule has 2 atom stereocenters. The number of carbonyl (C=O) groups is 2. The van der Waals surface area contributed by atoms with Crippen LogP contribution in [0, 0.1) is 11.8 Å². The van der Waals surface area contributed by atoms with E-state index in [1.165, 1.54) is 0 Å². The molecule has 3 rings (SSSR count). The zero-order chi connectivity index (χ0) is 18.8. The normalized spacial score (nSPS) is 22.4. The minimum atomic E-state index is -0.263. The van der Waals surface area contributed by atoms with Crippen LogP contribution >= 0.6 is 0 Å². The van der Waals surface area contributed by atoms with Gasteiger partial charge in [0, 0.05) is 42.6 Å². The van der Waals surface area contributed by atoms with Crippen LogP contribution in [-0.2, 0) is 9.59 Å². The van der Waals surface area contributed by atoms with E-state index < -0.39 is 0 Å². The second-order valence-corrected chi connectivity index (χ2v) is 7.50. The van der Waals surface area contributed by atoms with Gasteiger partial charge in [-0.3, -0.25) is 9.59 Å². The maximum Gasteiger partial charge on any atom is 0.225 e. The number of carbonyl (C=O) groups excluding carboxylic acids is 2. The van der Waals surface area contributed by atoms with Crippen LogP contribution in [0.2, 0.25) is 0 Å². The summed E-state index contributed by atoms with van der Waals surface area (Å²) in [5, 5.41) is 3.10. The van der Waals surface area contributed by atoms with Gasteiger partial charge in [-0.05, 0) is 18.9 Å². The van der Waals surface area contributed by atoms with Crippen molar-refractivity contribution in [3.05, 3.63) is 23.8 Å². The first kappa shape index (κ1) is 18.5. The number of benzene rings is 1. The molecule has 1 aliphatic carbocycles. The Morgan fingerprint density at radius 3 is 2.46 bits per heavy atom. The van der Waals surface area contributed by atoms with Gasteiger partial charge in [0.2, 0.25) is 11.8 Å². The lowest BCUT2D eigenvalue weighted by Crippen LogP contribution is -2.37. The lowest BCUT2D eigenvalue weighted by atomic mass is 9.87. The van der Waals surface area contributed by atoms with Crippen molar-refractivity contribution in [3.63, 3.8) is 0 Å². The Bertz CT molecular complexity index is 684. The van der Waals surface area contributed by atoms with Crippen LogP contribution in [-0.4, -0.2) is 50.1 Å². The number of hydrogen-bond donors (Lipinski definition) is 1. The molecule has 0 aromatic heterocycles. The van der Waals surface area contributed by atoms with Gasteiger partial charge in [0.25, 0.3) is 0 Å². The Hall–Kier alpha value is -2.24. The Kier molecular flexibility index (Phi) is 5.39. The molecule has 1 saturated carbocycles. The average molecular weight is 360 g/mol. The van der Waals surface area contributed by atoms with E-state index in [-0.39, 0.29) is 29.6 Å². The van der Waals surface area contributed by atoms with Gasteiger partial charge in [-0.25, -0.2) is 0 Å². The number of rotatable bonds is 6. The first-order valence-electron chi connectivity index (χ1n) is 9.25. The third-order valence-corrected chi connectivity index (χ3v) is 5.23. The fraction of sp³-hybridized carbons (Fsp3) is 0.600. The van der Waals surface area contributed by atoms with Gasteiger partial charge in [0.05, 0.1) is 20.1 Å². The molecule has 1 aliphatic heterocycles. The summed E-state index contributed by atoms with van der Waals surface area (Å²) in [5.41, 5.74) is 0.948. The largest absolute Gasteiger partial charge is 0.497 e. The summed E-state index contributed by atoms with van der Waals surface area (Å²) in [4.78, 5) is 27.2. The van der Waals surface area contributed by atoms with Gasteiger partial charge in [0.1, 0.15) is 11.5 Å². The fourth-order valence-corrected chi connectivity index (χ4v) is 3.59. The summed E-state index contributed by atoms with van der Waals surface area (Å²) < 4.78 is 10.8. The number of nitrogens with one attached hydrogen (secondary N) is 1. The van der Waals surface area contributed by atoms with E-state index >= 15 is 0 Å². The van der Waals surface area contributed by atoms with Gasteiger partial charge in [0.15, 0.2) is 0 Å². The first-order chi connectivity index (χ1) is 12.4. The van der Waals surface area contributed by atoms with Crippen molar-refractivity contribution in [3.8, 4) is 11.5 Å². The lowest BCUT2D eigenvalue weighted by molar-refractivity contribution is -0.133.